The zero-order chi connectivity index (χ0) is 9.23. The van der Waals surface area contributed by atoms with E-state index in [4.69, 9.17) is 5.84 Å². The Hall–Kier alpha value is -0.340. The minimum atomic E-state index is 0.481. The second-order valence-electron chi connectivity index (χ2n) is 3.23. The largest absolute Gasteiger partial charge is 0.271 e. The molecule has 0 aromatic carbocycles. The molecule has 0 saturated carbocycles. The molecule has 0 aliphatic rings. The Labute approximate surface area is 76.2 Å². The van der Waals surface area contributed by atoms with E-state index in [1.807, 2.05) is 6.08 Å². The average molecular weight is 170 g/mol. The maximum absolute atomic E-state index is 5.41. The Morgan fingerprint density at radius 2 is 2.17 bits per heavy atom. The lowest BCUT2D eigenvalue weighted by atomic mass is 10.0. The average Bonchev–Trinajstić information content (AvgIpc) is 2.11. The van der Waals surface area contributed by atoms with Crippen molar-refractivity contribution in [1.29, 1.82) is 0 Å². The minimum Gasteiger partial charge on any atom is -0.271 e. The molecule has 0 bridgehead atoms. The van der Waals surface area contributed by atoms with E-state index >= 15 is 0 Å². The molecule has 3 N–H and O–H groups in total. The van der Waals surface area contributed by atoms with Crippen molar-refractivity contribution in [2.45, 2.75) is 51.5 Å². The van der Waals surface area contributed by atoms with Crippen molar-refractivity contribution in [3.8, 4) is 0 Å². The summed E-state index contributed by atoms with van der Waals surface area (Å²) in [6, 6.07) is 0.481. The van der Waals surface area contributed by atoms with E-state index in [0.29, 0.717) is 6.04 Å². The van der Waals surface area contributed by atoms with Crippen LogP contribution in [-0.2, 0) is 0 Å². The molecular formula is C10H22N2. The second kappa shape index (κ2) is 8.75. The smallest absolute Gasteiger partial charge is 0.0213 e. The fraction of sp³-hybridized carbons (Fsp3) is 0.800. The molecule has 0 aliphatic heterocycles. The molecule has 1 unspecified atom stereocenters. The van der Waals surface area contributed by atoms with Crippen LogP contribution >= 0.6 is 0 Å². The summed E-state index contributed by atoms with van der Waals surface area (Å²) in [7, 11) is 0. The van der Waals surface area contributed by atoms with Crippen LogP contribution in [0.2, 0.25) is 0 Å². The lowest BCUT2D eigenvalue weighted by Crippen LogP contribution is -2.34. The molecule has 0 fully saturated rings. The first kappa shape index (κ1) is 11.7. The quantitative estimate of drug-likeness (QED) is 0.254. The van der Waals surface area contributed by atoms with Gasteiger partial charge >= 0.3 is 0 Å². The highest BCUT2D eigenvalue weighted by molar-refractivity contribution is 4.72. The van der Waals surface area contributed by atoms with E-state index in [2.05, 4.69) is 18.9 Å². The number of nitrogens with one attached hydrogen (secondary N) is 1. The molecule has 0 aliphatic carbocycles. The van der Waals surface area contributed by atoms with E-state index in [1.54, 1.807) is 0 Å². The third-order valence-electron chi connectivity index (χ3n) is 2.11. The molecule has 0 aromatic heterocycles. The van der Waals surface area contributed by atoms with Crippen molar-refractivity contribution in [3.05, 3.63) is 12.7 Å². The monoisotopic (exact) mass is 170 g/mol. The fourth-order valence-corrected chi connectivity index (χ4v) is 1.27. The van der Waals surface area contributed by atoms with Gasteiger partial charge in [0.1, 0.15) is 0 Å². The summed E-state index contributed by atoms with van der Waals surface area (Å²) in [5.74, 6) is 5.41. The zero-order valence-corrected chi connectivity index (χ0v) is 8.18. The summed E-state index contributed by atoms with van der Waals surface area (Å²) in [5.41, 5.74) is 2.85. The topological polar surface area (TPSA) is 38.0 Å². The van der Waals surface area contributed by atoms with Crippen molar-refractivity contribution in [2.24, 2.45) is 5.84 Å². The van der Waals surface area contributed by atoms with E-state index in [-0.39, 0.29) is 0 Å². The fourth-order valence-electron chi connectivity index (χ4n) is 1.27. The molecule has 2 heteroatoms. The summed E-state index contributed by atoms with van der Waals surface area (Å²) < 4.78 is 0. The van der Waals surface area contributed by atoms with Crippen LogP contribution < -0.4 is 11.3 Å². The maximum atomic E-state index is 5.41. The molecule has 0 aromatic rings. The summed E-state index contributed by atoms with van der Waals surface area (Å²) in [5, 5.41) is 0. The first-order valence-electron chi connectivity index (χ1n) is 4.92. The number of hydrazine groups is 1. The van der Waals surface area contributed by atoms with E-state index < -0.39 is 0 Å². The van der Waals surface area contributed by atoms with Gasteiger partial charge in [-0.25, -0.2) is 0 Å². The van der Waals surface area contributed by atoms with Crippen molar-refractivity contribution in [3.63, 3.8) is 0 Å². The summed E-state index contributed by atoms with van der Waals surface area (Å²) >= 11 is 0. The Balaban J connectivity index is 3.32. The third-order valence-corrected chi connectivity index (χ3v) is 2.11. The first-order valence-corrected chi connectivity index (χ1v) is 4.92. The Kier molecular flexibility index (Phi) is 8.51. The molecule has 0 radical (unpaired) electrons. The highest BCUT2D eigenvalue weighted by atomic mass is 15.2. The second-order valence-corrected chi connectivity index (χ2v) is 3.23. The van der Waals surface area contributed by atoms with Crippen molar-refractivity contribution >= 4 is 0 Å². The van der Waals surface area contributed by atoms with Gasteiger partial charge in [-0.3, -0.25) is 11.3 Å². The SMILES string of the molecule is C=CCCC(CCCCC)NN. The van der Waals surface area contributed by atoms with Crippen LogP contribution in [-0.4, -0.2) is 6.04 Å². The van der Waals surface area contributed by atoms with Crippen LogP contribution in [0.15, 0.2) is 12.7 Å². The van der Waals surface area contributed by atoms with Gasteiger partial charge in [0.15, 0.2) is 0 Å². The lowest BCUT2D eigenvalue weighted by Gasteiger charge is -2.13. The van der Waals surface area contributed by atoms with Gasteiger partial charge in [0, 0.05) is 6.04 Å². The summed E-state index contributed by atoms with van der Waals surface area (Å²) in [4.78, 5) is 0. The molecular weight excluding hydrogens is 148 g/mol. The first-order chi connectivity index (χ1) is 5.85. The molecule has 1 atom stereocenters. The number of hydrogen-bond donors (Lipinski definition) is 2. The van der Waals surface area contributed by atoms with E-state index in [9.17, 15) is 0 Å². The van der Waals surface area contributed by atoms with Crippen LogP contribution in [0.4, 0.5) is 0 Å². The van der Waals surface area contributed by atoms with Crippen molar-refractivity contribution in [1.82, 2.24) is 5.43 Å². The molecule has 0 amide bonds. The van der Waals surface area contributed by atoms with Gasteiger partial charge in [0.05, 0.1) is 0 Å². The molecule has 0 heterocycles. The van der Waals surface area contributed by atoms with Crippen LogP contribution in [0.5, 0.6) is 0 Å². The predicted molar refractivity (Wildman–Crippen MR) is 54.7 cm³/mol. The van der Waals surface area contributed by atoms with Gasteiger partial charge in [-0.1, -0.05) is 32.3 Å². The number of hydrogen-bond acceptors (Lipinski definition) is 2. The van der Waals surface area contributed by atoms with Gasteiger partial charge in [-0.05, 0) is 19.3 Å². The number of unbranched alkanes of at least 4 members (excludes halogenated alkanes) is 2. The molecule has 72 valence electrons. The third kappa shape index (κ3) is 6.38. The van der Waals surface area contributed by atoms with Gasteiger partial charge in [-0.2, -0.15) is 0 Å². The Morgan fingerprint density at radius 1 is 1.42 bits per heavy atom. The van der Waals surface area contributed by atoms with Gasteiger partial charge in [0.25, 0.3) is 0 Å². The lowest BCUT2D eigenvalue weighted by molar-refractivity contribution is 0.446. The zero-order valence-electron chi connectivity index (χ0n) is 8.18. The van der Waals surface area contributed by atoms with Crippen LogP contribution in [0.25, 0.3) is 0 Å². The van der Waals surface area contributed by atoms with Crippen LogP contribution in [0, 0.1) is 0 Å². The van der Waals surface area contributed by atoms with E-state index in [1.165, 1.54) is 25.7 Å². The van der Waals surface area contributed by atoms with Gasteiger partial charge in [0.2, 0.25) is 0 Å². The Morgan fingerprint density at radius 3 is 2.67 bits per heavy atom. The van der Waals surface area contributed by atoms with Crippen LogP contribution in [0.3, 0.4) is 0 Å². The van der Waals surface area contributed by atoms with E-state index in [0.717, 1.165) is 12.8 Å². The van der Waals surface area contributed by atoms with Crippen molar-refractivity contribution in [2.75, 3.05) is 0 Å². The molecule has 0 rings (SSSR count). The molecule has 0 saturated heterocycles. The summed E-state index contributed by atoms with van der Waals surface area (Å²) in [6.07, 6.45) is 9.18. The maximum Gasteiger partial charge on any atom is 0.0213 e. The Bertz CT molecular complexity index is 102. The highest BCUT2D eigenvalue weighted by Crippen LogP contribution is 2.07. The predicted octanol–water partition coefficient (Wildman–Crippen LogP) is 2.36. The molecule has 2 nitrogen and oxygen atoms in total. The molecule has 0 spiro atoms. The molecule has 12 heavy (non-hydrogen) atoms. The van der Waals surface area contributed by atoms with Crippen LogP contribution in [0.1, 0.15) is 45.4 Å². The van der Waals surface area contributed by atoms with Gasteiger partial charge in [-0.15, -0.1) is 6.58 Å². The van der Waals surface area contributed by atoms with Crippen molar-refractivity contribution < 1.29 is 0 Å². The number of allylic oxidation sites excluding steroid dienone is 1. The normalized spacial score (nSPS) is 12.8. The standard InChI is InChI=1S/C10H22N2/c1-3-5-7-9-10(12-11)8-6-4-2/h4,10,12H,2-3,5-9,11H2,1H3. The summed E-state index contributed by atoms with van der Waals surface area (Å²) in [6.45, 7) is 5.91. The number of rotatable bonds is 8. The highest BCUT2D eigenvalue weighted by Gasteiger charge is 2.03. The van der Waals surface area contributed by atoms with Gasteiger partial charge < -0.3 is 0 Å². The minimum absolute atomic E-state index is 0.481. The number of nitrogens with two attached hydrogens (primary N) is 1.